The van der Waals surface area contributed by atoms with Crippen molar-refractivity contribution in [3.63, 3.8) is 0 Å². The van der Waals surface area contributed by atoms with Crippen molar-refractivity contribution in [1.82, 2.24) is 9.62 Å². The predicted molar refractivity (Wildman–Crippen MR) is 156 cm³/mol. The Bertz CT molecular complexity index is 1440. The van der Waals surface area contributed by atoms with Crippen LogP contribution in [0.4, 0.5) is 23.2 Å². The van der Waals surface area contributed by atoms with E-state index in [0.29, 0.717) is 57.5 Å². The van der Waals surface area contributed by atoms with Gasteiger partial charge in [0.1, 0.15) is 23.3 Å². The summed E-state index contributed by atoms with van der Waals surface area (Å²) in [5.41, 5.74) is -1.81. The van der Waals surface area contributed by atoms with Crippen LogP contribution in [0.2, 0.25) is 0 Å². The molecule has 2 N–H and O–H groups in total. The van der Waals surface area contributed by atoms with Crippen molar-refractivity contribution in [3.05, 3.63) is 53.6 Å². The Morgan fingerprint density at radius 1 is 1.16 bits per heavy atom. The molecule has 0 spiro atoms. The number of halogens is 4. The van der Waals surface area contributed by atoms with Crippen molar-refractivity contribution < 1.29 is 40.2 Å². The van der Waals surface area contributed by atoms with E-state index in [4.69, 9.17) is 4.74 Å². The van der Waals surface area contributed by atoms with E-state index in [1.54, 1.807) is 12.1 Å². The number of carbonyl (C=O) groups excluding carboxylic acids is 1. The Morgan fingerprint density at radius 2 is 1.84 bits per heavy atom. The average Bonchev–Trinajstić information content (AvgIpc) is 2.98. The third-order valence-corrected chi connectivity index (χ3v) is 10.3. The Kier molecular flexibility index (Phi) is 11.5. The zero-order valence-electron chi connectivity index (χ0n) is 24.0. The van der Waals surface area contributed by atoms with Crippen LogP contribution in [-0.4, -0.2) is 76.1 Å². The number of sulfonamides is 1. The van der Waals surface area contributed by atoms with Gasteiger partial charge in [-0.15, -0.1) is 11.8 Å². The number of nitrogens with zero attached hydrogens (tertiary/aromatic N) is 2. The number of alkyl halides is 2. The highest BCUT2D eigenvalue weighted by atomic mass is 32.2. The number of nitrogens with one attached hydrogen (secondary N) is 2. The number of likely N-dealkylation sites (tertiary alicyclic amines) is 1. The van der Waals surface area contributed by atoms with Crippen LogP contribution in [-0.2, 0) is 24.3 Å². The molecule has 2 aromatic carbocycles. The van der Waals surface area contributed by atoms with Crippen LogP contribution in [0.15, 0.2) is 46.2 Å². The maximum Gasteiger partial charge on any atom is 0.345 e. The summed E-state index contributed by atoms with van der Waals surface area (Å²) in [7, 11) is -3.20. The molecule has 2 fully saturated rings. The number of ether oxygens (including phenoxy) is 2. The molecule has 1 saturated carbocycles. The first-order valence-electron chi connectivity index (χ1n) is 14.1. The number of amides is 1. The second-order valence-electron chi connectivity index (χ2n) is 10.8. The lowest BCUT2D eigenvalue weighted by atomic mass is 9.84. The van der Waals surface area contributed by atoms with Crippen LogP contribution in [0.5, 0.6) is 0 Å². The van der Waals surface area contributed by atoms with E-state index >= 15 is 4.39 Å². The maximum absolute atomic E-state index is 15.5. The number of benzene rings is 2. The Labute approximate surface area is 258 Å². The first-order valence-corrected chi connectivity index (χ1v) is 16.6. The monoisotopic (exact) mass is 658 g/mol. The summed E-state index contributed by atoms with van der Waals surface area (Å²) in [6, 6.07) is 8.90. The standard InChI is InChI=1S/C29H34F4N4O5S2/c1-41-29(10-3-2-4-11-29)27(38)36-44(39,40)24-13-19(15-34)26(25(31)14-24)35-21(18-43-23-7-5-20(30)6-8-23)9-12-37-16-22(17-37)42-28(32)33/h5-8,13-14,21-22,28,35H,2-4,9-12,16-18H2,1H3,(H,36,38)/t21-/m1/s1. The molecule has 2 aromatic rings. The second kappa shape index (κ2) is 14.9. The van der Waals surface area contributed by atoms with Gasteiger partial charge in [-0.3, -0.25) is 9.69 Å². The van der Waals surface area contributed by atoms with Gasteiger partial charge in [0.15, 0.2) is 0 Å². The molecule has 9 nitrogen and oxygen atoms in total. The molecule has 4 rings (SSSR count). The van der Waals surface area contributed by atoms with Crippen LogP contribution in [0, 0.1) is 23.0 Å². The molecule has 1 heterocycles. The van der Waals surface area contributed by atoms with Gasteiger partial charge in [-0.05, 0) is 55.7 Å². The van der Waals surface area contributed by atoms with Gasteiger partial charge in [0.05, 0.1) is 22.3 Å². The number of rotatable bonds is 14. The Morgan fingerprint density at radius 3 is 2.45 bits per heavy atom. The molecule has 1 aliphatic carbocycles. The largest absolute Gasteiger partial charge is 0.378 e. The summed E-state index contributed by atoms with van der Waals surface area (Å²) in [4.78, 5) is 15.0. The van der Waals surface area contributed by atoms with E-state index < -0.39 is 56.8 Å². The van der Waals surface area contributed by atoms with Gasteiger partial charge in [-0.25, -0.2) is 21.9 Å². The molecule has 2 aliphatic rings. The molecule has 1 aliphatic heterocycles. The summed E-state index contributed by atoms with van der Waals surface area (Å²) in [6.45, 7) is -1.79. The highest BCUT2D eigenvalue weighted by molar-refractivity contribution is 7.99. The van der Waals surface area contributed by atoms with Gasteiger partial charge >= 0.3 is 6.61 Å². The highest BCUT2D eigenvalue weighted by Gasteiger charge is 2.41. The molecule has 0 radical (unpaired) electrons. The van der Waals surface area contributed by atoms with Crippen LogP contribution in [0.1, 0.15) is 44.1 Å². The zero-order chi connectivity index (χ0) is 31.9. The fourth-order valence-electron chi connectivity index (χ4n) is 5.30. The molecular formula is C29H34F4N4O5S2. The van der Waals surface area contributed by atoms with Crippen LogP contribution >= 0.6 is 11.8 Å². The van der Waals surface area contributed by atoms with E-state index in [2.05, 4.69) is 10.1 Å². The van der Waals surface area contributed by atoms with Crippen molar-refractivity contribution >= 4 is 33.4 Å². The first kappa shape index (κ1) is 34.0. The van der Waals surface area contributed by atoms with Crippen molar-refractivity contribution in [3.8, 4) is 6.07 Å². The van der Waals surface area contributed by atoms with Crippen LogP contribution in [0.3, 0.4) is 0 Å². The molecule has 0 bridgehead atoms. The quantitative estimate of drug-likeness (QED) is 0.216. The lowest BCUT2D eigenvalue weighted by Gasteiger charge is -2.39. The Balaban J connectivity index is 1.50. The number of thioether (sulfide) groups is 1. The molecule has 1 saturated heterocycles. The van der Waals surface area contributed by atoms with E-state index in [9.17, 15) is 31.6 Å². The third-order valence-electron chi connectivity index (χ3n) is 7.81. The van der Waals surface area contributed by atoms with E-state index in [0.717, 1.165) is 23.4 Å². The van der Waals surface area contributed by atoms with Crippen LogP contribution < -0.4 is 10.0 Å². The summed E-state index contributed by atoms with van der Waals surface area (Å²) in [6.07, 6.45) is 2.81. The molecule has 0 unspecified atom stereocenters. The van der Waals surface area contributed by atoms with E-state index in [1.165, 1.54) is 31.0 Å². The van der Waals surface area contributed by atoms with E-state index in [-0.39, 0.29) is 11.3 Å². The van der Waals surface area contributed by atoms with Crippen molar-refractivity contribution in [2.75, 3.05) is 37.8 Å². The lowest BCUT2D eigenvalue weighted by molar-refractivity contribution is -0.195. The molecule has 1 atom stereocenters. The fourth-order valence-corrected chi connectivity index (χ4v) is 7.35. The minimum atomic E-state index is -4.54. The zero-order valence-corrected chi connectivity index (χ0v) is 25.7. The molecule has 0 aromatic heterocycles. The third kappa shape index (κ3) is 8.63. The highest BCUT2D eigenvalue weighted by Crippen LogP contribution is 2.33. The van der Waals surface area contributed by atoms with Crippen molar-refractivity contribution in [2.45, 2.75) is 72.7 Å². The van der Waals surface area contributed by atoms with Crippen molar-refractivity contribution in [2.24, 2.45) is 0 Å². The number of nitriles is 1. The van der Waals surface area contributed by atoms with Crippen LogP contribution in [0.25, 0.3) is 0 Å². The van der Waals surface area contributed by atoms with E-state index in [1.807, 2.05) is 15.7 Å². The van der Waals surface area contributed by atoms with Crippen molar-refractivity contribution in [1.29, 1.82) is 5.26 Å². The molecule has 240 valence electrons. The van der Waals surface area contributed by atoms with Gasteiger partial charge in [-0.1, -0.05) is 19.3 Å². The maximum atomic E-state index is 15.5. The number of anilines is 1. The number of hydrogen-bond donors (Lipinski definition) is 2. The fraction of sp³-hybridized carbons (Fsp3) is 0.517. The summed E-state index contributed by atoms with van der Waals surface area (Å²) in [5.74, 6) is -1.89. The Hall–Kier alpha value is -2.90. The van der Waals surface area contributed by atoms with Gasteiger partial charge in [0.25, 0.3) is 15.9 Å². The minimum absolute atomic E-state index is 0.217. The normalized spacial score (nSPS) is 17.9. The smallest absolute Gasteiger partial charge is 0.345 e. The summed E-state index contributed by atoms with van der Waals surface area (Å²) in [5, 5.41) is 12.8. The lowest BCUT2D eigenvalue weighted by Crippen LogP contribution is -2.53. The number of hydrogen-bond acceptors (Lipinski definition) is 9. The number of carbonyl (C=O) groups is 1. The minimum Gasteiger partial charge on any atom is -0.378 e. The summed E-state index contributed by atoms with van der Waals surface area (Å²) >= 11 is 1.36. The molecule has 44 heavy (non-hydrogen) atoms. The number of methoxy groups -OCH3 is 1. The van der Waals surface area contributed by atoms with Gasteiger partial charge < -0.3 is 14.8 Å². The summed E-state index contributed by atoms with van der Waals surface area (Å²) < 4.78 is 91.9. The molecule has 15 heteroatoms. The van der Waals surface area contributed by atoms with Gasteiger partial charge in [0.2, 0.25) is 0 Å². The topological polar surface area (TPSA) is 121 Å². The molecular weight excluding hydrogens is 624 g/mol. The SMILES string of the molecule is COC1(C(=O)NS(=O)(=O)c2cc(F)c(N[C@H](CCN3CC(OC(F)F)C3)CSc3ccc(F)cc3)c(C#N)c2)CCCCC1. The second-order valence-corrected chi connectivity index (χ2v) is 13.6. The predicted octanol–water partition coefficient (Wildman–Crippen LogP) is 4.88. The van der Waals surface area contributed by atoms with Gasteiger partial charge in [-0.2, -0.15) is 14.0 Å². The van der Waals surface area contributed by atoms with Gasteiger partial charge in [0, 0.05) is 43.4 Å². The first-order chi connectivity index (χ1) is 20.9. The molecule has 1 amide bonds. The average molecular weight is 659 g/mol.